The topological polar surface area (TPSA) is 43.9 Å². The van der Waals surface area contributed by atoms with Crippen molar-refractivity contribution in [1.29, 1.82) is 0 Å². The molecule has 1 aromatic heterocycles. The third-order valence-corrected chi connectivity index (χ3v) is 7.59. The summed E-state index contributed by atoms with van der Waals surface area (Å²) in [7, 11) is 1.73. The van der Waals surface area contributed by atoms with E-state index in [9.17, 15) is 9.59 Å². The van der Waals surface area contributed by atoms with Gasteiger partial charge in [-0.15, -0.1) is 11.3 Å². The summed E-state index contributed by atoms with van der Waals surface area (Å²) in [4.78, 5) is 33.2. The van der Waals surface area contributed by atoms with Gasteiger partial charge in [-0.25, -0.2) is 0 Å². The summed E-state index contributed by atoms with van der Waals surface area (Å²) < 4.78 is 0. The van der Waals surface area contributed by atoms with Crippen LogP contribution in [0.25, 0.3) is 0 Å². The average Bonchev–Trinajstić information content (AvgIpc) is 3.49. The molecule has 1 aliphatic rings. The number of carbonyl (C=O) groups excluding carboxylic acids is 2. The number of para-hydroxylation sites is 1. The highest BCUT2D eigenvalue weighted by molar-refractivity contribution is 7.12. The highest BCUT2D eigenvalue weighted by Gasteiger charge is 2.30. The second-order valence-corrected chi connectivity index (χ2v) is 9.86. The van der Waals surface area contributed by atoms with Gasteiger partial charge in [-0.1, -0.05) is 78.9 Å². The highest BCUT2D eigenvalue weighted by atomic mass is 32.1. The number of anilines is 1. The molecule has 6 heteroatoms. The van der Waals surface area contributed by atoms with Crippen molar-refractivity contribution in [3.63, 3.8) is 0 Å². The minimum atomic E-state index is -0.108. The molecule has 1 fully saturated rings. The first-order valence-electron chi connectivity index (χ1n) is 12.2. The summed E-state index contributed by atoms with van der Waals surface area (Å²) >= 11 is 1.40. The molecule has 3 aromatic carbocycles. The monoisotopic (exact) mass is 495 g/mol. The van der Waals surface area contributed by atoms with Gasteiger partial charge in [0.1, 0.15) is 0 Å². The van der Waals surface area contributed by atoms with Gasteiger partial charge < -0.3 is 9.80 Å². The Morgan fingerprint density at radius 2 is 1.33 bits per heavy atom. The minimum absolute atomic E-state index is 0.0351. The lowest BCUT2D eigenvalue weighted by atomic mass is 9.96. The second-order valence-electron chi connectivity index (χ2n) is 8.91. The lowest BCUT2D eigenvalue weighted by molar-refractivity contribution is 0.0598. The molecule has 5 nitrogen and oxygen atoms in total. The zero-order valence-electron chi connectivity index (χ0n) is 20.3. The van der Waals surface area contributed by atoms with Crippen LogP contribution in [0.1, 0.15) is 37.2 Å². The van der Waals surface area contributed by atoms with Crippen LogP contribution in [-0.2, 0) is 0 Å². The molecule has 0 atom stereocenters. The number of rotatable bonds is 6. The van der Waals surface area contributed by atoms with E-state index >= 15 is 0 Å². The van der Waals surface area contributed by atoms with Gasteiger partial charge in [-0.3, -0.25) is 14.5 Å². The van der Waals surface area contributed by atoms with E-state index in [-0.39, 0.29) is 17.9 Å². The van der Waals surface area contributed by atoms with E-state index in [2.05, 4.69) is 53.4 Å². The van der Waals surface area contributed by atoms with Crippen molar-refractivity contribution >= 4 is 28.8 Å². The summed E-state index contributed by atoms with van der Waals surface area (Å²) in [5.41, 5.74) is 3.70. The number of hydrogen-bond acceptors (Lipinski definition) is 4. The van der Waals surface area contributed by atoms with Crippen molar-refractivity contribution in [2.24, 2.45) is 0 Å². The summed E-state index contributed by atoms with van der Waals surface area (Å²) in [6.45, 7) is 2.80. The number of amides is 2. The van der Waals surface area contributed by atoms with Crippen molar-refractivity contribution in [2.75, 3.05) is 38.1 Å². The summed E-state index contributed by atoms with van der Waals surface area (Å²) in [6, 6.07) is 32.3. The zero-order chi connectivity index (χ0) is 24.9. The molecule has 2 amide bonds. The highest BCUT2D eigenvalue weighted by Crippen LogP contribution is 2.30. The molecule has 0 spiro atoms. The van der Waals surface area contributed by atoms with Crippen molar-refractivity contribution in [3.8, 4) is 0 Å². The Morgan fingerprint density at radius 3 is 1.92 bits per heavy atom. The molecule has 2 heterocycles. The molecular formula is C30H29N3O2S. The maximum Gasteiger partial charge on any atom is 0.268 e. The molecule has 0 aliphatic carbocycles. The largest absolute Gasteiger partial charge is 0.336 e. The number of piperazine rings is 1. The smallest absolute Gasteiger partial charge is 0.268 e. The van der Waals surface area contributed by atoms with Crippen LogP contribution in [0, 0.1) is 0 Å². The van der Waals surface area contributed by atoms with Crippen molar-refractivity contribution in [3.05, 3.63) is 124 Å². The fourth-order valence-corrected chi connectivity index (χ4v) is 5.56. The van der Waals surface area contributed by atoms with Crippen LogP contribution in [0.3, 0.4) is 0 Å². The molecule has 0 saturated carbocycles. The second kappa shape index (κ2) is 10.9. The molecule has 182 valence electrons. The Morgan fingerprint density at radius 1 is 0.750 bits per heavy atom. The predicted molar refractivity (Wildman–Crippen MR) is 146 cm³/mol. The molecule has 4 aromatic rings. The number of thiophene rings is 1. The first kappa shape index (κ1) is 24.0. The lowest BCUT2D eigenvalue weighted by Crippen LogP contribution is -2.50. The molecule has 1 saturated heterocycles. The van der Waals surface area contributed by atoms with Crippen LogP contribution in [0.2, 0.25) is 0 Å². The third kappa shape index (κ3) is 4.96. The van der Waals surface area contributed by atoms with E-state index in [0.29, 0.717) is 29.2 Å². The van der Waals surface area contributed by atoms with Gasteiger partial charge in [-0.2, -0.15) is 0 Å². The third-order valence-electron chi connectivity index (χ3n) is 6.73. The van der Waals surface area contributed by atoms with Crippen molar-refractivity contribution < 1.29 is 9.59 Å². The molecule has 1 aliphatic heterocycles. The van der Waals surface area contributed by atoms with Gasteiger partial charge in [0.15, 0.2) is 0 Å². The Balaban J connectivity index is 1.33. The molecule has 0 N–H and O–H groups in total. The van der Waals surface area contributed by atoms with Crippen molar-refractivity contribution in [1.82, 2.24) is 9.80 Å². The maximum absolute atomic E-state index is 13.6. The van der Waals surface area contributed by atoms with E-state index in [0.717, 1.165) is 13.1 Å². The quantitative estimate of drug-likeness (QED) is 0.351. The summed E-state index contributed by atoms with van der Waals surface area (Å²) in [6.07, 6.45) is 0. The fourth-order valence-electron chi connectivity index (χ4n) is 4.86. The number of benzene rings is 3. The number of nitrogens with zero attached hydrogens (tertiary/aromatic N) is 3. The normalized spacial score (nSPS) is 14.1. The van der Waals surface area contributed by atoms with Crippen LogP contribution in [0.4, 0.5) is 5.69 Å². The molecule has 36 heavy (non-hydrogen) atoms. The van der Waals surface area contributed by atoms with E-state index in [1.165, 1.54) is 22.5 Å². The first-order chi connectivity index (χ1) is 17.6. The van der Waals surface area contributed by atoms with Gasteiger partial charge in [0.05, 0.1) is 22.2 Å². The fraction of sp³-hybridized carbons (Fsp3) is 0.200. The van der Waals surface area contributed by atoms with Crippen LogP contribution in [-0.4, -0.2) is 54.8 Å². The van der Waals surface area contributed by atoms with E-state index in [1.54, 1.807) is 11.9 Å². The minimum Gasteiger partial charge on any atom is -0.336 e. The average molecular weight is 496 g/mol. The standard InChI is InChI=1S/C30H29N3O2S/c1-31(30(35)27-17-10-22-36-27)26-16-9-8-15-25(26)29(34)33-20-18-32(19-21-33)28(23-11-4-2-5-12-23)24-13-6-3-7-14-24/h2-17,22,28H,18-21H2,1H3. The maximum atomic E-state index is 13.6. The van der Waals surface area contributed by atoms with Gasteiger partial charge in [0.2, 0.25) is 0 Å². The van der Waals surface area contributed by atoms with E-state index < -0.39 is 0 Å². The van der Waals surface area contributed by atoms with Gasteiger partial charge in [-0.05, 0) is 34.7 Å². The van der Waals surface area contributed by atoms with Crippen LogP contribution >= 0.6 is 11.3 Å². The Hall–Kier alpha value is -3.74. The van der Waals surface area contributed by atoms with Crippen LogP contribution < -0.4 is 4.90 Å². The number of carbonyl (C=O) groups is 2. The van der Waals surface area contributed by atoms with Gasteiger partial charge in [0.25, 0.3) is 11.8 Å². The molecule has 0 bridgehead atoms. The Labute approximate surface area is 216 Å². The first-order valence-corrected chi connectivity index (χ1v) is 13.1. The molecule has 0 radical (unpaired) electrons. The summed E-state index contributed by atoms with van der Waals surface area (Å²) in [5.74, 6) is -0.143. The predicted octanol–water partition coefficient (Wildman–Crippen LogP) is 5.57. The molecule has 5 rings (SSSR count). The lowest BCUT2D eigenvalue weighted by Gasteiger charge is -2.40. The molecular weight excluding hydrogens is 466 g/mol. The Kier molecular flexibility index (Phi) is 7.26. The summed E-state index contributed by atoms with van der Waals surface area (Å²) in [5, 5.41) is 1.88. The van der Waals surface area contributed by atoms with Gasteiger partial charge in [0, 0.05) is 33.2 Å². The SMILES string of the molecule is CN(C(=O)c1cccs1)c1ccccc1C(=O)N1CCN(C(c2ccccc2)c2ccccc2)CC1. The van der Waals surface area contributed by atoms with E-state index in [4.69, 9.17) is 0 Å². The Bertz CT molecular complexity index is 1260. The van der Waals surface area contributed by atoms with Crippen LogP contribution in [0.5, 0.6) is 0 Å². The van der Waals surface area contributed by atoms with Crippen molar-refractivity contribution in [2.45, 2.75) is 6.04 Å². The van der Waals surface area contributed by atoms with Gasteiger partial charge >= 0.3 is 0 Å². The van der Waals surface area contributed by atoms with Crippen LogP contribution in [0.15, 0.2) is 102 Å². The number of hydrogen-bond donors (Lipinski definition) is 0. The van der Waals surface area contributed by atoms with E-state index in [1.807, 2.05) is 58.8 Å². The molecule has 0 unspecified atom stereocenters. The zero-order valence-corrected chi connectivity index (χ0v) is 21.1.